The molecule has 0 atom stereocenters. The fourth-order valence-corrected chi connectivity index (χ4v) is 3.64. The number of urea groups is 1. The van der Waals surface area contributed by atoms with Gasteiger partial charge in [0.05, 0.1) is 18.4 Å². The molecule has 2 aromatic rings. The van der Waals surface area contributed by atoms with Gasteiger partial charge in [-0.15, -0.1) is 0 Å². The highest BCUT2D eigenvalue weighted by molar-refractivity contribution is 5.90. The lowest BCUT2D eigenvalue weighted by molar-refractivity contribution is -0.136. The van der Waals surface area contributed by atoms with E-state index in [-0.39, 0.29) is 12.2 Å². The number of benzene rings is 2. The fraction of sp³-hybridized carbons (Fsp3) is 0.381. The highest BCUT2D eigenvalue weighted by Crippen LogP contribution is 2.39. The molecule has 1 saturated heterocycles. The van der Waals surface area contributed by atoms with E-state index >= 15 is 0 Å². The Labute approximate surface area is 167 Å². The van der Waals surface area contributed by atoms with Gasteiger partial charge in [-0.2, -0.15) is 13.2 Å². The molecule has 0 bridgehead atoms. The second-order valence-electron chi connectivity index (χ2n) is 6.94. The lowest BCUT2D eigenvalue weighted by Crippen LogP contribution is -2.46. The van der Waals surface area contributed by atoms with Crippen molar-refractivity contribution in [1.29, 1.82) is 0 Å². The summed E-state index contributed by atoms with van der Waals surface area (Å²) in [6, 6.07) is 11.8. The highest BCUT2D eigenvalue weighted by Gasteiger charge is 2.37. The predicted molar refractivity (Wildman–Crippen MR) is 103 cm³/mol. The summed E-state index contributed by atoms with van der Waals surface area (Å²) in [6.45, 7) is 1.30. The van der Waals surface area contributed by atoms with Crippen molar-refractivity contribution in [1.82, 2.24) is 5.32 Å². The van der Waals surface area contributed by atoms with Gasteiger partial charge in [0, 0.05) is 30.7 Å². The number of para-hydroxylation sites is 2. The number of methoxy groups -OCH3 is 1. The maximum absolute atomic E-state index is 13.1. The lowest BCUT2D eigenvalue weighted by Gasteiger charge is -2.38. The molecular weight excluding hydrogens is 385 g/mol. The number of nitrogens with one attached hydrogen (secondary N) is 2. The molecule has 2 N–H and O–H groups in total. The molecular formula is C21H23F3N2O3. The molecule has 29 heavy (non-hydrogen) atoms. The molecule has 0 saturated carbocycles. The average molecular weight is 408 g/mol. The Morgan fingerprint density at radius 1 is 1.10 bits per heavy atom. The molecule has 0 aromatic heterocycles. The van der Waals surface area contributed by atoms with Crippen LogP contribution < -0.4 is 15.4 Å². The minimum absolute atomic E-state index is 0.247. The van der Waals surface area contributed by atoms with Crippen LogP contribution in [0, 0.1) is 0 Å². The summed E-state index contributed by atoms with van der Waals surface area (Å²) in [7, 11) is 1.58. The summed E-state index contributed by atoms with van der Waals surface area (Å²) in [5, 5.41) is 5.06. The Morgan fingerprint density at radius 3 is 2.45 bits per heavy atom. The van der Waals surface area contributed by atoms with Crippen molar-refractivity contribution in [2.75, 3.05) is 32.2 Å². The molecule has 1 fully saturated rings. The maximum Gasteiger partial charge on any atom is 0.418 e. The number of hydrogen-bond acceptors (Lipinski definition) is 3. The van der Waals surface area contributed by atoms with Crippen molar-refractivity contribution in [3.63, 3.8) is 0 Å². The SMILES string of the molecule is COc1ccccc1C1(CNC(=O)Nc2ccccc2C(F)(F)F)CCOCC1. The van der Waals surface area contributed by atoms with Crippen LogP contribution in [0.2, 0.25) is 0 Å². The van der Waals surface area contributed by atoms with E-state index in [9.17, 15) is 18.0 Å². The molecule has 1 heterocycles. The Balaban J connectivity index is 1.77. The van der Waals surface area contributed by atoms with Crippen LogP contribution in [0.15, 0.2) is 48.5 Å². The Kier molecular flexibility index (Phi) is 6.32. The molecule has 3 rings (SSSR count). The van der Waals surface area contributed by atoms with Crippen molar-refractivity contribution >= 4 is 11.7 Å². The first-order valence-corrected chi connectivity index (χ1v) is 9.28. The van der Waals surface area contributed by atoms with Crippen LogP contribution in [0.5, 0.6) is 5.75 Å². The summed E-state index contributed by atoms with van der Waals surface area (Å²) in [4.78, 5) is 12.4. The minimum atomic E-state index is -4.55. The molecule has 0 radical (unpaired) electrons. The number of carbonyl (C=O) groups excluding carboxylic acids is 1. The van der Waals surface area contributed by atoms with Crippen LogP contribution in [-0.2, 0) is 16.3 Å². The first kappa shape index (κ1) is 21.0. The van der Waals surface area contributed by atoms with E-state index in [1.165, 1.54) is 18.2 Å². The van der Waals surface area contributed by atoms with Crippen LogP contribution in [0.1, 0.15) is 24.0 Å². The smallest absolute Gasteiger partial charge is 0.418 e. The van der Waals surface area contributed by atoms with Gasteiger partial charge in [-0.1, -0.05) is 30.3 Å². The number of carbonyl (C=O) groups is 1. The number of hydrogen-bond donors (Lipinski definition) is 2. The highest BCUT2D eigenvalue weighted by atomic mass is 19.4. The fourth-order valence-electron chi connectivity index (χ4n) is 3.64. The third-order valence-electron chi connectivity index (χ3n) is 5.20. The minimum Gasteiger partial charge on any atom is -0.496 e. The van der Waals surface area contributed by atoms with E-state index in [0.29, 0.717) is 31.8 Å². The Hall–Kier alpha value is -2.74. The zero-order valence-electron chi connectivity index (χ0n) is 16.0. The molecule has 1 aliphatic heterocycles. The van der Waals surface area contributed by atoms with Crippen LogP contribution in [-0.4, -0.2) is 32.9 Å². The summed E-state index contributed by atoms with van der Waals surface area (Å²) in [5.41, 5.74) is -0.649. The molecule has 5 nitrogen and oxygen atoms in total. The maximum atomic E-state index is 13.1. The number of halogens is 3. The zero-order valence-corrected chi connectivity index (χ0v) is 16.0. The van der Waals surface area contributed by atoms with E-state index in [4.69, 9.17) is 9.47 Å². The lowest BCUT2D eigenvalue weighted by atomic mass is 9.73. The van der Waals surface area contributed by atoms with Crippen molar-refractivity contribution in [2.24, 2.45) is 0 Å². The van der Waals surface area contributed by atoms with E-state index in [0.717, 1.165) is 11.6 Å². The molecule has 0 unspecified atom stereocenters. The van der Waals surface area contributed by atoms with Crippen LogP contribution in [0.4, 0.5) is 23.7 Å². The third-order valence-corrected chi connectivity index (χ3v) is 5.20. The molecule has 8 heteroatoms. The number of ether oxygens (including phenoxy) is 2. The van der Waals surface area contributed by atoms with Crippen LogP contribution >= 0.6 is 0 Å². The van der Waals surface area contributed by atoms with E-state index in [1.54, 1.807) is 7.11 Å². The van der Waals surface area contributed by atoms with Crippen molar-refractivity contribution in [3.05, 3.63) is 59.7 Å². The molecule has 2 aromatic carbocycles. The topological polar surface area (TPSA) is 59.6 Å². The number of anilines is 1. The predicted octanol–water partition coefficient (Wildman–Crippen LogP) is 4.58. The molecule has 2 amide bonds. The van der Waals surface area contributed by atoms with Gasteiger partial charge in [-0.25, -0.2) is 4.79 Å². The van der Waals surface area contributed by atoms with Gasteiger partial charge in [-0.05, 0) is 31.0 Å². The molecule has 0 spiro atoms. The van der Waals surface area contributed by atoms with Gasteiger partial charge < -0.3 is 20.1 Å². The van der Waals surface area contributed by atoms with E-state index in [1.807, 2.05) is 24.3 Å². The van der Waals surface area contributed by atoms with Gasteiger partial charge in [0.2, 0.25) is 0 Å². The first-order valence-electron chi connectivity index (χ1n) is 9.28. The summed E-state index contributed by atoms with van der Waals surface area (Å²) < 4.78 is 50.4. The van der Waals surface area contributed by atoms with Gasteiger partial charge in [0.1, 0.15) is 5.75 Å². The summed E-state index contributed by atoms with van der Waals surface area (Å²) in [6.07, 6.45) is -3.23. The van der Waals surface area contributed by atoms with Gasteiger partial charge in [0.25, 0.3) is 0 Å². The number of amides is 2. The first-order chi connectivity index (χ1) is 13.9. The zero-order chi connectivity index (χ0) is 20.9. The Bertz CT molecular complexity index is 849. The third kappa shape index (κ3) is 4.82. The van der Waals surface area contributed by atoms with E-state index < -0.39 is 23.2 Å². The summed E-state index contributed by atoms with van der Waals surface area (Å²) >= 11 is 0. The number of alkyl halides is 3. The van der Waals surface area contributed by atoms with Gasteiger partial charge >= 0.3 is 12.2 Å². The second-order valence-corrected chi connectivity index (χ2v) is 6.94. The van der Waals surface area contributed by atoms with E-state index in [2.05, 4.69) is 10.6 Å². The number of rotatable bonds is 5. The molecule has 156 valence electrons. The van der Waals surface area contributed by atoms with Crippen molar-refractivity contribution in [3.8, 4) is 5.75 Å². The van der Waals surface area contributed by atoms with Gasteiger partial charge in [-0.3, -0.25) is 0 Å². The molecule has 1 aliphatic rings. The largest absolute Gasteiger partial charge is 0.496 e. The monoisotopic (exact) mass is 408 g/mol. The normalized spacial score (nSPS) is 16.1. The van der Waals surface area contributed by atoms with Crippen molar-refractivity contribution in [2.45, 2.75) is 24.4 Å². The Morgan fingerprint density at radius 2 is 1.76 bits per heavy atom. The summed E-state index contributed by atoms with van der Waals surface area (Å²) in [5.74, 6) is 0.707. The quantitative estimate of drug-likeness (QED) is 0.761. The van der Waals surface area contributed by atoms with Crippen LogP contribution in [0.3, 0.4) is 0 Å². The van der Waals surface area contributed by atoms with Gasteiger partial charge in [0.15, 0.2) is 0 Å². The van der Waals surface area contributed by atoms with Crippen LogP contribution in [0.25, 0.3) is 0 Å². The molecule has 0 aliphatic carbocycles. The average Bonchev–Trinajstić information content (AvgIpc) is 2.72. The standard InChI is InChI=1S/C21H23F3N2O3/c1-28-18-9-5-3-7-16(18)20(10-12-29-13-11-20)14-25-19(27)26-17-8-4-2-6-15(17)21(22,23)24/h2-9H,10-14H2,1H3,(H2,25,26,27). The van der Waals surface area contributed by atoms with Crippen molar-refractivity contribution < 1.29 is 27.4 Å². The second kappa shape index (κ2) is 8.73.